The number of rotatable bonds is 6. The molecule has 8 heteroatoms. The molecule has 1 aliphatic rings. The molecule has 156 valence electrons. The topological polar surface area (TPSA) is 89.1 Å². The van der Waals surface area contributed by atoms with Gasteiger partial charge in [0.2, 0.25) is 12.7 Å². The van der Waals surface area contributed by atoms with Crippen LogP contribution in [0, 0.1) is 6.92 Å². The van der Waals surface area contributed by atoms with Crippen molar-refractivity contribution in [3.8, 4) is 34.1 Å². The molecule has 31 heavy (non-hydrogen) atoms. The number of amides is 1. The SMILES string of the molecule is Cc1cccc(-c2[nH]c(CNC(=O)Cc3cccs3)nc2-c2ccc3c(c2)OCO3)n1. The number of aromatic nitrogens is 3. The lowest BCUT2D eigenvalue weighted by Gasteiger charge is -2.04. The van der Waals surface area contributed by atoms with Crippen LogP contribution >= 0.6 is 11.3 Å². The van der Waals surface area contributed by atoms with Crippen LogP contribution < -0.4 is 14.8 Å². The van der Waals surface area contributed by atoms with E-state index in [1.807, 2.05) is 60.8 Å². The van der Waals surface area contributed by atoms with Gasteiger partial charge in [0, 0.05) is 16.1 Å². The van der Waals surface area contributed by atoms with Crippen LogP contribution in [0.3, 0.4) is 0 Å². The number of ether oxygens (including phenoxy) is 2. The van der Waals surface area contributed by atoms with Crippen LogP contribution in [0.5, 0.6) is 11.5 Å². The van der Waals surface area contributed by atoms with Gasteiger partial charge in [-0.2, -0.15) is 0 Å². The van der Waals surface area contributed by atoms with E-state index in [0.717, 1.165) is 39.0 Å². The number of pyridine rings is 1. The summed E-state index contributed by atoms with van der Waals surface area (Å²) in [6.45, 7) is 2.46. The molecule has 0 unspecified atom stereocenters. The van der Waals surface area contributed by atoms with Crippen molar-refractivity contribution >= 4 is 17.2 Å². The third-order valence-electron chi connectivity index (χ3n) is 4.91. The summed E-state index contributed by atoms with van der Waals surface area (Å²) in [7, 11) is 0. The number of carbonyl (C=O) groups excluding carboxylic acids is 1. The smallest absolute Gasteiger partial charge is 0.231 e. The Balaban J connectivity index is 1.44. The molecule has 0 aliphatic carbocycles. The first-order chi connectivity index (χ1) is 15.2. The molecule has 0 bridgehead atoms. The van der Waals surface area contributed by atoms with E-state index in [0.29, 0.717) is 24.5 Å². The Hall–Kier alpha value is -3.65. The van der Waals surface area contributed by atoms with E-state index >= 15 is 0 Å². The number of hydrogen-bond acceptors (Lipinski definition) is 6. The molecule has 0 saturated heterocycles. The molecular weight excluding hydrogens is 412 g/mol. The summed E-state index contributed by atoms with van der Waals surface area (Å²) in [6, 6.07) is 15.5. The molecule has 0 atom stereocenters. The van der Waals surface area contributed by atoms with Crippen LogP contribution in [0.1, 0.15) is 16.4 Å². The first-order valence-corrected chi connectivity index (χ1v) is 10.8. The summed E-state index contributed by atoms with van der Waals surface area (Å²) in [5.74, 6) is 2.02. The van der Waals surface area contributed by atoms with E-state index in [2.05, 4.69) is 15.3 Å². The predicted molar refractivity (Wildman–Crippen MR) is 118 cm³/mol. The van der Waals surface area contributed by atoms with Crippen molar-refractivity contribution in [3.63, 3.8) is 0 Å². The number of hydrogen-bond donors (Lipinski definition) is 2. The molecule has 4 aromatic rings. The maximum Gasteiger partial charge on any atom is 0.231 e. The second-order valence-corrected chi connectivity index (χ2v) is 8.20. The van der Waals surface area contributed by atoms with E-state index in [1.54, 1.807) is 11.3 Å². The van der Waals surface area contributed by atoms with E-state index in [4.69, 9.17) is 14.5 Å². The fraction of sp³-hybridized carbons (Fsp3) is 0.174. The molecule has 7 nitrogen and oxygen atoms in total. The fourth-order valence-corrected chi connectivity index (χ4v) is 4.15. The first-order valence-electron chi connectivity index (χ1n) is 9.88. The van der Waals surface area contributed by atoms with Gasteiger partial charge in [0.25, 0.3) is 0 Å². The van der Waals surface area contributed by atoms with Crippen molar-refractivity contribution in [1.82, 2.24) is 20.3 Å². The Morgan fingerprint density at radius 3 is 2.87 bits per heavy atom. The third kappa shape index (κ3) is 4.15. The van der Waals surface area contributed by atoms with E-state index in [9.17, 15) is 4.79 Å². The first kappa shape index (κ1) is 19.3. The van der Waals surface area contributed by atoms with Crippen molar-refractivity contribution < 1.29 is 14.3 Å². The summed E-state index contributed by atoms with van der Waals surface area (Å²) >= 11 is 1.57. The lowest BCUT2D eigenvalue weighted by molar-refractivity contribution is -0.120. The predicted octanol–water partition coefficient (Wildman–Crippen LogP) is 4.10. The minimum Gasteiger partial charge on any atom is -0.454 e. The molecule has 4 heterocycles. The number of imidazole rings is 1. The summed E-state index contributed by atoms with van der Waals surface area (Å²) in [5, 5.41) is 4.91. The molecule has 1 aromatic carbocycles. The van der Waals surface area contributed by atoms with Gasteiger partial charge in [0.05, 0.1) is 30.0 Å². The lowest BCUT2D eigenvalue weighted by Crippen LogP contribution is -2.24. The van der Waals surface area contributed by atoms with Gasteiger partial charge in [0.15, 0.2) is 11.5 Å². The standard InChI is InChI=1S/C23H20N4O3S/c1-14-4-2-6-17(25-14)23-22(15-7-8-18-19(10-15)30-13-29-18)26-20(27-23)12-24-21(28)11-16-5-3-9-31-16/h2-10H,11-13H2,1H3,(H,24,28)(H,26,27). The highest BCUT2D eigenvalue weighted by Crippen LogP contribution is 2.38. The Morgan fingerprint density at radius 2 is 2.03 bits per heavy atom. The van der Waals surface area contributed by atoms with Crippen LogP contribution in [0.2, 0.25) is 0 Å². The highest BCUT2D eigenvalue weighted by atomic mass is 32.1. The van der Waals surface area contributed by atoms with Crippen LogP contribution in [0.15, 0.2) is 53.9 Å². The maximum atomic E-state index is 12.3. The number of aryl methyl sites for hydroxylation is 1. The molecule has 1 amide bonds. The zero-order valence-electron chi connectivity index (χ0n) is 16.8. The normalized spacial score (nSPS) is 12.2. The van der Waals surface area contributed by atoms with Gasteiger partial charge in [0.1, 0.15) is 5.82 Å². The molecule has 1 aliphatic heterocycles. The second-order valence-electron chi connectivity index (χ2n) is 7.17. The molecule has 3 aromatic heterocycles. The number of aromatic amines is 1. The summed E-state index contributed by atoms with van der Waals surface area (Å²) in [6.07, 6.45) is 0.361. The fourth-order valence-electron chi connectivity index (χ4n) is 3.44. The third-order valence-corrected chi connectivity index (χ3v) is 5.79. The number of nitrogens with one attached hydrogen (secondary N) is 2. The Labute approximate surface area is 183 Å². The average molecular weight is 433 g/mol. The Bertz CT molecular complexity index is 1230. The van der Waals surface area contributed by atoms with Gasteiger partial charge < -0.3 is 19.8 Å². The molecular formula is C23H20N4O3S. The number of carbonyl (C=O) groups is 1. The summed E-state index contributed by atoms with van der Waals surface area (Å²) in [4.78, 5) is 26.1. The molecule has 2 N–H and O–H groups in total. The molecule has 0 fully saturated rings. The van der Waals surface area contributed by atoms with Gasteiger partial charge in [-0.15, -0.1) is 11.3 Å². The van der Waals surface area contributed by atoms with Crippen LogP contribution in [0.25, 0.3) is 22.6 Å². The Kier molecular flexibility index (Phi) is 5.13. The van der Waals surface area contributed by atoms with Gasteiger partial charge in [-0.05, 0) is 48.7 Å². The second kappa shape index (κ2) is 8.23. The van der Waals surface area contributed by atoms with E-state index in [1.165, 1.54) is 0 Å². The number of fused-ring (bicyclic) bond motifs is 1. The van der Waals surface area contributed by atoms with Crippen molar-refractivity contribution in [2.75, 3.05) is 6.79 Å². The van der Waals surface area contributed by atoms with Crippen molar-refractivity contribution in [2.45, 2.75) is 19.9 Å². The van der Waals surface area contributed by atoms with Gasteiger partial charge in [-0.3, -0.25) is 9.78 Å². The zero-order chi connectivity index (χ0) is 21.2. The van der Waals surface area contributed by atoms with Crippen molar-refractivity contribution in [2.24, 2.45) is 0 Å². The summed E-state index contributed by atoms with van der Waals surface area (Å²) < 4.78 is 11.0. The van der Waals surface area contributed by atoms with Crippen LogP contribution in [0.4, 0.5) is 0 Å². The van der Waals surface area contributed by atoms with Gasteiger partial charge >= 0.3 is 0 Å². The van der Waals surface area contributed by atoms with E-state index < -0.39 is 0 Å². The zero-order valence-corrected chi connectivity index (χ0v) is 17.7. The Morgan fingerprint density at radius 1 is 1.13 bits per heavy atom. The highest BCUT2D eigenvalue weighted by molar-refractivity contribution is 7.10. The van der Waals surface area contributed by atoms with E-state index in [-0.39, 0.29) is 12.7 Å². The number of thiophene rings is 1. The quantitative estimate of drug-likeness (QED) is 0.479. The van der Waals surface area contributed by atoms with Crippen molar-refractivity contribution in [1.29, 1.82) is 0 Å². The lowest BCUT2D eigenvalue weighted by atomic mass is 10.1. The van der Waals surface area contributed by atoms with Crippen molar-refractivity contribution in [3.05, 3.63) is 70.3 Å². The molecule has 0 saturated carbocycles. The maximum absolute atomic E-state index is 12.3. The minimum absolute atomic E-state index is 0.0429. The highest BCUT2D eigenvalue weighted by Gasteiger charge is 2.20. The summed E-state index contributed by atoms with van der Waals surface area (Å²) in [5.41, 5.74) is 4.13. The van der Waals surface area contributed by atoms with Gasteiger partial charge in [-0.1, -0.05) is 12.1 Å². The molecule has 5 rings (SSSR count). The van der Waals surface area contributed by atoms with Gasteiger partial charge in [-0.25, -0.2) is 4.98 Å². The van der Waals surface area contributed by atoms with Crippen LogP contribution in [-0.4, -0.2) is 27.7 Å². The minimum atomic E-state index is -0.0429. The molecule has 0 spiro atoms. The average Bonchev–Trinajstić information content (AvgIpc) is 3.52. The number of nitrogens with zero attached hydrogens (tertiary/aromatic N) is 2. The number of H-pyrrole nitrogens is 1. The molecule has 0 radical (unpaired) electrons. The largest absolute Gasteiger partial charge is 0.454 e. The van der Waals surface area contributed by atoms with Crippen LogP contribution in [-0.2, 0) is 17.8 Å². The monoisotopic (exact) mass is 432 g/mol. The number of benzene rings is 1.